The van der Waals surface area contributed by atoms with Crippen molar-refractivity contribution in [2.24, 2.45) is 0 Å². The molecule has 0 unspecified atom stereocenters. The second kappa shape index (κ2) is 7.53. The molecule has 0 N–H and O–H groups in total. The summed E-state index contributed by atoms with van der Waals surface area (Å²) in [5.41, 5.74) is 3.53. The first-order valence-electron chi connectivity index (χ1n) is 10.2. The molecule has 6 rings (SSSR count). The molecule has 4 nitrogen and oxygen atoms in total. The lowest BCUT2D eigenvalue weighted by molar-refractivity contribution is 0.0735. The van der Waals surface area contributed by atoms with Gasteiger partial charge in [0.15, 0.2) is 0 Å². The van der Waals surface area contributed by atoms with Gasteiger partial charge in [-0.2, -0.15) is 0 Å². The Kier molecular flexibility index (Phi) is 4.50. The average molecular weight is 526 g/mol. The maximum Gasteiger partial charge on any atom is 0.343 e. The van der Waals surface area contributed by atoms with E-state index in [0.29, 0.717) is 16.8 Å². The minimum atomic E-state index is -0.418. The van der Waals surface area contributed by atoms with Crippen LogP contribution in [0, 0.1) is 3.57 Å². The maximum absolute atomic E-state index is 12.7. The number of hydrogen-bond acceptors (Lipinski definition) is 4. The molecular weight excluding hydrogens is 511 g/mol. The van der Waals surface area contributed by atoms with Crippen LogP contribution in [0.25, 0.3) is 43.6 Å². The molecule has 0 aliphatic rings. The predicted molar refractivity (Wildman–Crippen MR) is 136 cm³/mol. The number of fused-ring (bicyclic) bond motifs is 7. The van der Waals surface area contributed by atoms with Gasteiger partial charge in [0.05, 0.1) is 27.6 Å². The zero-order chi connectivity index (χ0) is 21.7. The third-order valence-corrected chi connectivity index (χ3v) is 6.30. The van der Waals surface area contributed by atoms with Crippen molar-refractivity contribution in [3.8, 4) is 5.75 Å². The molecule has 0 aliphatic heterocycles. The van der Waals surface area contributed by atoms with E-state index in [2.05, 4.69) is 46.9 Å². The lowest BCUT2D eigenvalue weighted by atomic mass is 9.99. The summed E-state index contributed by atoms with van der Waals surface area (Å²) in [6, 6.07) is 29.2. The topological polar surface area (TPSA) is 52.1 Å². The molecule has 1 aromatic heterocycles. The number of hydrogen-bond donors (Lipinski definition) is 0. The third kappa shape index (κ3) is 3.17. The quantitative estimate of drug-likeness (QED) is 0.0809. The Hall–Kier alpha value is -3.58. The molecule has 0 spiro atoms. The van der Waals surface area contributed by atoms with Crippen LogP contribution in [0.3, 0.4) is 0 Å². The molecule has 0 bridgehead atoms. The zero-order valence-corrected chi connectivity index (χ0v) is 18.9. The number of ether oxygens (including phenoxy) is 1. The van der Waals surface area contributed by atoms with Crippen LogP contribution >= 0.6 is 22.6 Å². The highest BCUT2D eigenvalue weighted by atomic mass is 127. The van der Waals surface area contributed by atoms with E-state index in [1.54, 1.807) is 24.3 Å². The zero-order valence-electron chi connectivity index (χ0n) is 16.7. The number of carbonyl (C=O) groups is 1. The van der Waals surface area contributed by atoms with Gasteiger partial charge in [0.2, 0.25) is 0 Å². The van der Waals surface area contributed by atoms with Crippen molar-refractivity contribution >= 4 is 72.2 Å². The summed E-state index contributed by atoms with van der Waals surface area (Å²) in [5, 5.41) is 4.40. The fourth-order valence-corrected chi connectivity index (χ4v) is 4.43. The highest BCUT2D eigenvalue weighted by molar-refractivity contribution is 14.1. The summed E-state index contributed by atoms with van der Waals surface area (Å²) in [5.74, 6) is 0.0935. The van der Waals surface area contributed by atoms with Gasteiger partial charge in [-0.25, -0.2) is 14.8 Å². The van der Waals surface area contributed by atoms with E-state index in [0.717, 1.165) is 41.7 Å². The fourth-order valence-electron chi connectivity index (χ4n) is 4.07. The van der Waals surface area contributed by atoms with Crippen LogP contribution < -0.4 is 4.74 Å². The maximum atomic E-state index is 12.7. The smallest absolute Gasteiger partial charge is 0.343 e. The van der Waals surface area contributed by atoms with Crippen molar-refractivity contribution in [1.29, 1.82) is 0 Å². The van der Waals surface area contributed by atoms with Crippen LogP contribution in [0.1, 0.15) is 10.4 Å². The van der Waals surface area contributed by atoms with Gasteiger partial charge < -0.3 is 4.74 Å². The van der Waals surface area contributed by atoms with Crippen LogP contribution in [-0.4, -0.2) is 15.9 Å². The second-order valence-corrected chi connectivity index (χ2v) is 8.80. The van der Waals surface area contributed by atoms with Crippen LogP contribution in [0.15, 0.2) is 91.0 Å². The van der Waals surface area contributed by atoms with Crippen molar-refractivity contribution in [3.05, 3.63) is 100 Å². The summed E-state index contributed by atoms with van der Waals surface area (Å²) in [6.45, 7) is 0. The Labute approximate surface area is 197 Å². The first-order valence-corrected chi connectivity index (χ1v) is 11.2. The van der Waals surface area contributed by atoms with Gasteiger partial charge in [-0.1, -0.05) is 48.5 Å². The molecule has 0 aliphatic carbocycles. The number of aromatic nitrogens is 2. The van der Waals surface area contributed by atoms with Gasteiger partial charge in [-0.05, 0) is 75.8 Å². The van der Waals surface area contributed by atoms with Gasteiger partial charge in [-0.3, -0.25) is 0 Å². The van der Waals surface area contributed by atoms with Crippen molar-refractivity contribution in [3.63, 3.8) is 0 Å². The SMILES string of the molecule is O=C(Oc1ccc(I)cc1)c1ccc2nc3c4ccccc4c4ccccc4c3nc2c1. The first kappa shape index (κ1) is 19.1. The van der Waals surface area contributed by atoms with Crippen LogP contribution in [0.2, 0.25) is 0 Å². The summed E-state index contributed by atoms with van der Waals surface area (Å²) < 4.78 is 6.61. The lowest BCUT2D eigenvalue weighted by Crippen LogP contribution is -2.08. The van der Waals surface area contributed by atoms with E-state index in [1.807, 2.05) is 42.5 Å². The van der Waals surface area contributed by atoms with E-state index >= 15 is 0 Å². The molecule has 32 heavy (non-hydrogen) atoms. The third-order valence-electron chi connectivity index (χ3n) is 5.58. The monoisotopic (exact) mass is 526 g/mol. The van der Waals surface area contributed by atoms with E-state index in [-0.39, 0.29) is 0 Å². The highest BCUT2D eigenvalue weighted by Crippen LogP contribution is 2.34. The van der Waals surface area contributed by atoms with Crippen LogP contribution in [-0.2, 0) is 0 Å². The summed E-state index contributed by atoms with van der Waals surface area (Å²) in [6.07, 6.45) is 0. The Balaban J connectivity index is 1.53. The fraction of sp³-hybridized carbons (Fsp3) is 0. The van der Waals surface area contributed by atoms with Gasteiger partial charge >= 0.3 is 5.97 Å². The predicted octanol–water partition coefficient (Wildman–Crippen LogP) is 6.91. The van der Waals surface area contributed by atoms with Gasteiger partial charge in [0.1, 0.15) is 5.75 Å². The summed E-state index contributed by atoms with van der Waals surface area (Å²) >= 11 is 2.21. The van der Waals surface area contributed by atoms with Crippen molar-refractivity contribution in [2.75, 3.05) is 0 Å². The Morgan fingerprint density at radius 3 is 1.84 bits per heavy atom. The number of nitrogens with zero attached hydrogens (tertiary/aromatic N) is 2. The molecule has 0 saturated heterocycles. The molecule has 152 valence electrons. The number of rotatable bonds is 2. The lowest BCUT2D eigenvalue weighted by Gasteiger charge is -2.10. The number of carbonyl (C=O) groups excluding carboxylic acids is 1. The number of benzene rings is 5. The summed E-state index contributed by atoms with van der Waals surface area (Å²) in [7, 11) is 0. The Morgan fingerprint density at radius 1 is 0.656 bits per heavy atom. The van der Waals surface area contributed by atoms with E-state index in [4.69, 9.17) is 14.7 Å². The molecule has 5 heteroatoms. The number of esters is 1. The van der Waals surface area contributed by atoms with Gasteiger partial charge in [-0.15, -0.1) is 0 Å². The van der Waals surface area contributed by atoms with Crippen molar-refractivity contribution in [1.82, 2.24) is 9.97 Å². The Bertz CT molecular complexity index is 1680. The van der Waals surface area contributed by atoms with Gasteiger partial charge in [0.25, 0.3) is 0 Å². The number of halogens is 1. The molecular formula is C27H15IN2O2. The molecule has 1 heterocycles. The molecule has 0 saturated carbocycles. The van der Waals surface area contributed by atoms with Crippen molar-refractivity contribution < 1.29 is 9.53 Å². The first-order chi connectivity index (χ1) is 15.7. The summed E-state index contributed by atoms with van der Waals surface area (Å²) in [4.78, 5) is 22.6. The Morgan fingerprint density at radius 2 is 1.22 bits per heavy atom. The molecule has 6 aromatic rings. The van der Waals surface area contributed by atoms with Crippen molar-refractivity contribution in [2.45, 2.75) is 0 Å². The standard InChI is InChI=1S/C27H15IN2O2/c28-17-10-12-18(13-11-17)32-27(31)16-9-14-23-24(15-16)30-26-22-8-4-2-6-20(22)19-5-1-3-7-21(19)25(26)29-23/h1-15H. The molecule has 0 atom stereocenters. The van der Waals surface area contributed by atoms with Crippen LogP contribution in [0.5, 0.6) is 5.75 Å². The molecule has 0 amide bonds. The van der Waals surface area contributed by atoms with E-state index in [9.17, 15) is 4.79 Å². The molecule has 5 aromatic carbocycles. The molecule has 0 fully saturated rings. The molecule has 0 radical (unpaired) electrons. The minimum absolute atomic E-state index is 0.418. The van der Waals surface area contributed by atoms with Crippen LogP contribution in [0.4, 0.5) is 0 Å². The van der Waals surface area contributed by atoms with E-state index in [1.165, 1.54) is 0 Å². The normalized spacial score (nSPS) is 11.4. The van der Waals surface area contributed by atoms with E-state index < -0.39 is 5.97 Å². The largest absolute Gasteiger partial charge is 0.423 e. The average Bonchev–Trinajstić information content (AvgIpc) is 2.84. The second-order valence-electron chi connectivity index (χ2n) is 7.56. The minimum Gasteiger partial charge on any atom is -0.423 e. The van der Waals surface area contributed by atoms with Gasteiger partial charge in [0, 0.05) is 14.3 Å². The highest BCUT2D eigenvalue weighted by Gasteiger charge is 2.14.